The summed E-state index contributed by atoms with van der Waals surface area (Å²) >= 11 is 0. The van der Waals surface area contributed by atoms with Gasteiger partial charge in [0.05, 0.1) is 0 Å². The van der Waals surface area contributed by atoms with Gasteiger partial charge in [-0.25, -0.2) is 0 Å². The van der Waals surface area contributed by atoms with E-state index in [2.05, 4.69) is 0 Å². The molecule has 0 aliphatic heterocycles. The maximum absolute atomic E-state index is 4.99. The summed E-state index contributed by atoms with van der Waals surface area (Å²) in [5, 5.41) is 0. The van der Waals surface area contributed by atoms with Gasteiger partial charge in [-0.15, -0.1) is 0 Å². The van der Waals surface area contributed by atoms with Gasteiger partial charge in [0.25, 0.3) is 0 Å². The van der Waals surface area contributed by atoms with Gasteiger partial charge < -0.3 is 40.2 Å². The molecule has 0 aliphatic rings. The monoisotopic (exact) mass is 199 g/mol. The minimum absolute atomic E-state index is 0. The van der Waals surface area contributed by atoms with E-state index < -0.39 is 9.39 Å². The fourth-order valence-corrected chi connectivity index (χ4v) is 0. The van der Waals surface area contributed by atoms with Gasteiger partial charge in [0, 0.05) is 0 Å². The summed E-state index contributed by atoms with van der Waals surface area (Å²) in [5.74, 6) is 0. The van der Waals surface area contributed by atoms with Crippen molar-refractivity contribution in [2.24, 2.45) is 0 Å². The molecule has 0 radical (unpaired) electrons. The van der Waals surface area contributed by atoms with Crippen molar-refractivity contribution in [2.45, 2.75) is 0 Å². The van der Waals surface area contributed by atoms with E-state index in [4.69, 9.17) is 40.2 Å². The van der Waals surface area contributed by atoms with Crippen LogP contribution in [0.5, 0.6) is 0 Å². The molecule has 0 saturated carbocycles. The standard InChI is InChI=1S/Al.4ClH.Li.Na.2H/h;4*1H;;;;/q+3;;;;;;;;/p-4. The molecule has 0 nitrogen and oxygen atoms in total. The van der Waals surface area contributed by atoms with Gasteiger partial charge in [-0.05, 0) is 0 Å². The molecular weight excluding hydrogens is 199 g/mol. The average molecular weight is 201 g/mol. The maximum atomic E-state index is 4.99. The Kier molecular flexibility index (Phi) is 17.7. The summed E-state index contributed by atoms with van der Waals surface area (Å²) in [6.45, 7) is 0. The SMILES string of the molecule is [Cl][Al-]([Cl])([Cl])[Cl].[LiH].[NaH]. The van der Waals surface area contributed by atoms with E-state index in [-0.39, 0.29) is 48.4 Å². The third-order valence-electron chi connectivity index (χ3n) is 0. The van der Waals surface area contributed by atoms with Gasteiger partial charge in [-0.2, -0.15) is 0 Å². The second kappa shape index (κ2) is 7.40. The zero-order valence-corrected chi connectivity index (χ0v) is 6.27. The molecule has 0 fully saturated rings. The molecule has 7 heteroatoms. The van der Waals surface area contributed by atoms with Crippen molar-refractivity contribution in [2.75, 3.05) is 0 Å². The third-order valence-corrected chi connectivity index (χ3v) is 0. The van der Waals surface area contributed by atoms with E-state index >= 15 is 0 Å². The first-order valence-corrected chi connectivity index (χ1v) is 7.86. The van der Waals surface area contributed by atoms with E-state index in [1.54, 1.807) is 0 Å². The minimum atomic E-state index is -2.94. The Morgan fingerprint density at radius 2 is 0.857 bits per heavy atom. The molecule has 0 rings (SSSR count). The Morgan fingerprint density at radius 3 is 0.857 bits per heavy atom. The first-order chi connectivity index (χ1) is 2.00. The molecule has 0 heterocycles. The molecule has 0 atom stereocenters. The Hall–Kier alpha value is 3.29. The Balaban J connectivity index is -0.0000000800. The fourth-order valence-electron chi connectivity index (χ4n) is 0. The van der Waals surface area contributed by atoms with Gasteiger partial charge >= 0.3 is 57.8 Å². The molecule has 36 valence electrons. The molecule has 7 heavy (non-hydrogen) atoms. The van der Waals surface area contributed by atoms with Gasteiger partial charge in [-0.3, -0.25) is 0 Å². The molecule has 0 aromatic rings. The topological polar surface area (TPSA) is 0 Å². The molecule has 0 N–H and O–H groups in total. The van der Waals surface area contributed by atoms with Crippen molar-refractivity contribution in [3.8, 4) is 0 Å². The summed E-state index contributed by atoms with van der Waals surface area (Å²) < 4.78 is 0. The Labute approximate surface area is 96.2 Å². The van der Waals surface area contributed by atoms with Gasteiger partial charge in [-0.1, -0.05) is 0 Å². The normalized spacial score (nSPS) is 8.57. The average Bonchev–Trinajstić information content (AvgIpc) is 0.722. The predicted molar refractivity (Wildman–Crippen MR) is 43.5 cm³/mol. The van der Waals surface area contributed by atoms with Gasteiger partial charge in [0.1, 0.15) is 0 Å². The Morgan fingerprint density at radius 1 is 0.857 bits per heavy atom. The second-order valence-corrected chi connectivity index (χ2v) is 13.4. The van der Waals surface area contributed by atoms with Gasteiger partial charge in [0.2, 0.25) is 0 Å². The summed E-state index contributed by atoms with van der Waals surface area (Å²) in [5.41, 5.74) is 0. The number of hydrogen-bond donors (Lipinski definition) is 0. The first kappa shape index (κ1) is 16.7. The molecule has 0 aromatic heterocycles. The van der Waals surface area contributed by atoms with Crippen LogP contribution in [0, 0.1) is 0 Å². The molecule has 0 aromatic carbocycles. The molecule has 0 unspecified atom stereocenters. The Bertz CT molecular complexity index is 27.2. The summed E-state index contributed by atoms with van der Waals surface area (Å²) in [6, 6.07) is 0. The molecule has 0 bridgehead atoms. The van der Waals surface area contributed by atoms with Crippen molar-refractivity contribution in [3.05, 3.63) is 0 Å². The molecule has 0 spiro atoms. The molecular formula is H2AlCl4LiNa-. The van der Waals surface area contributed by atoms with E-state index in [1.807, 2.05) is 0 Å². The van der Waals surface area contributed by atoms with Crippen LogP contribution in [0.15, 0.2) is 0 Å². The zero-order chi connectivity index (χ0) is 4.50. The van der Waals surface area contributed by atoms with Crippen LogP contribution in [0.4, 0.5) is 0 Å². The van der Waals surface area contributed by atoms with Crippen molar-refractivity contribution in [3.63, 3.8) is 0 Å². The second-order valence-electron chi connectivity index (χ2n) is 0.495. The van der Waals surface area contributed by atoms with Crippen LogP contribution in [-0.2, 0) is 0 Å². The van der Waals surface area contributed by atoms with Crippen molar-refractivity contribution in [1.29, 1.82) is 0 Å². The van der Waals surface area contributed by atoms with Crippen LogP contribution in [0.1, 0.15) is 0 Å². The summed E-state index contributed by atoms with van der Waals surface area (Å²) in [4.78, 5) is 0. The molecule has 0 amide bonds. The molecule has 0 saturated heterocycles. The van der Waals surface area contributed by atoms with E-state index in [0.29, 0.717) is 0 Å². The van der Waals surface area contributed by atoms with E-state index in [1.165, 1.54) is 0 Å². The van der Waals surface area contributed by atoms with Crippen LogP contribution in [0.3, 0.4) is 0 Å². The fraction of sp³-hybridized carbons (Fsp3) is 0. The third kappa shape index (κ3) is 45.6. The number of hydrogen-bond acceptors (Lipinski definition) is 0. The van der Waals surface area contributed by atoms with Crippen LogP contribution < -0.4 is 0 Å². The number of halogens is 4. The zero-order valence-electron chi connectivity index (χ0n) is 2.09. The van der Waals surface area contributed by atoms with Gasteiger partial charge in [0.15, 0.2) is 0 Å². The first-order valence-electron chi connectivity index (χ1n) is 0.873. The van der Waals surface area contributed by atoms with E-state index in [0.717, 1.165) is 0 Å². The number of rotatable bonds is 0. The van der Waals surface area contributed by atoms with Crippen LogP contribution in [-0.4, -0.2) is 57.8 Å². The van der Waals surface area contributed by atoms with Crippen molar-refractivity contribution >= 4 is 98.0 Å². The van der Waals surface area contributed by atoms with E-state index in [9.17, 15) is 0 Å². The van der Waals surface area contributed by atoms with Crippen LogP contribution >= 0.6 is 40.2 Å². The quantitative estimate of drug-likeness (QED) is 0.514. The van der Waals surface area contributed by atoms with Crippen molar-refractivity contribution in [1.82, 2.24) is 0 Å². The summed E-state index contributed by atoms with van der Waals surface area (Å²) in [6.07, 6.45) is 0. The molecule has 0 aliphatic carbocycles. The summed E-state index contributed by atoms with van der Waals surface area (Å²) in [7, 11) is 17.0. The van der Waals surface area contributed by atoms with Crippen LogP contribution in [0.2, 0.25) is 0 Å². The van der Waals surface area contributed by atoms with Crippen LogP contribution in [0.25, 0.3) is 0 Å². The predicted octanol–water partition coefficient (Wildman–Crippen LogP) is 1.08. The van der Waals surface area contributed by atoms with Crippen molar-refractivity contribution < 1.29 is 0 Å².